The number of aliphatic carboxylic acids is 1. The van der Waals surface area contributed by atoms with Crippen LogP contribution in [0.1, 0.15) is 6.92 Å². The molecule has 0 heterocycles. The molecule has 7 nitrogen and oxygen atoms in total. The maximum Gasteiger partial charge on any atom is 0.300 e. The zero-order valence-corrected chi connectivity index (χ0v) is 6.10. The van der Waals surface area contributed by atoms with Gasteiger partial charge < -0.3 is 32.5 Å². The Kier molecular flexibility index (Phi) is 666. The van der Waals surface area contributed by atoms with Crippen molar-refractivity contribution in [3.05, 3.63) is 0 Å². The molecule has 0 unspecified atom stereocenters. The number of carbonyl (C=O) groups is 1. The number of carboxylic acid groups (broad SMARTS) is 1. The zero-order chi connectivity index (χ0) is 3.58. The molecular formula is C2H14CuO7. The van der Waals surface area contributed by atoms with E-state index in [0.29, 0.717) is 0 Å². The quantitative estimate of drug-likeness (QED) is 0.400. The van der Waals surface area contributed by atoms with Gasteiger partial charge in [-0.25, -0.2) is 0 Å². The minimum Gasteiger partial charge on any atom is -0.481 e. The van der Waals surface area contributed by atoms with Gasteiger partial charge in [0.2, 0.25) is 0 Å². The summed E-state index contributed by atoms with van der Waals surface area (Å²) in [6, 6.07) is 0. The number of rotatable bonds is 0. The summed E-state index contributed by atoms with van der Waals surface area (Å²) in [6.07, 6.45) is 0. The minimum absolute atomic E-state index is 0. The molecule has 0 fully saturated rings. The average Bonchev–Trinajstić information content (AvgIpc) is 0.811. The molecule has 0 aromatic heterocycles. The van der Waals surface area contributed by atoms with Crippen LogP contribution in [0.2, 0.25) is 0 Å². The van der Waals surface area contributed by atoms with E-state index in [1.807, 2.05) is 0 Å². The smallest absolute Gasteiger partial charge is 0.300 e. The molecule has 8 heteroatoms. The SMILES string of the molecule is CC(=O)O.O.O.O.O.O.[Cu]. The van der Waals surface area contributed by atoms with Gasteiger partial charge in [-0.15, -0.1) is 0 Å². The monoisotopic (exact) mass is 213 g/mol. The Bertz CT molecular complexity index is 34.6. The first-order valence-electron chi connectivity index (χ1n) is 0.928. The fourth-order valence-corrected chi connectivity index (χ4v) is 0. The van der Waals surface area contributed by atoms with Crippen molar-refractivity contribution in [1.82, 2.24) is 0 Å². The van der Waals surface area contributed by atoms with Crippen molar-refractivity contribution in [2.45, 2.75) is 6.92 Å². The topological polar surface area (TPSA) is 195 Å². The fraction of sp³-hybridized carbons (Fsp3) is 0.500. The summed E-state index contributed by atoms with van der Waals surface area (Å²) in [5, 5.41) is 7.42. The van der Waals surface area contributed by atoms with Crippen LogP contribution in [0.5, 0.6) is 0 Å². The maximum absolute atomic E-state index is 9.00. The molecule has 0 aliphatic rings. The van der Waals surface area contributed by atoms with Gasteiger partial charge in [0.1, 0.15) is 0 Å². The van der Waals surface area contributed by atoms with E-state index in [2.05, 4.69) is 0 Å². The van der Waals surface area contributed by atoms with Crippen LogP contribution >= 0.6 is 0 Å². The van der Waals surface area contributed by atoms with Gasteiger partial charge in [0.05, 0.1) is 0 Å². The van der Waals surface area contributed by atoms with E-state index in [-0.39, 0.29) is 44.4 Å². The van der Waals surface area contributed by atoms with Gasteiger partial charge in [0, 0.05) is 24.0 Å². The average molecular weight is 214 g/mol. The van der Waals surface area contributed by atoms with Crippen LogP contribution in [0.4, 0.5) is 0 Å². The molecule has 0 bridgehead atoms. The van der Waals surface area contributed by atoms with Crippen LogP contribution in [0.25, 0.3) is 0 Å². The van der Waals surface area contributed by atoms with Gasteiger partial charge in [-0.2, -0.15) is 0 Å². The summed E-state index contributed by atoms with van der Waals surface area (Å²) in [6.45, 7) is 1.08. The summed E-state index contributed by atoms with van der Waals surface area (Å²) in [7, 11) is 0. The summed E-state index contributed by atoms with van der Waals surface area (Å²) in [5.41, 5.74) is 0. The minimum atomic E-state index is -0.833. The third-order valence-electron chi connectivity index (χ3n) is 0. The molecule has 0 rings (SSSR count). The van der Waals surface area contributed by atoms with Crippen LogP contribution < -0.4 is 0 Å². The Morgan fingerprint density at radius 2 is 1.00 bits per heavy atom. The van der Waals surface area contributed by atoms with Gasteiger partial charge >= 0.3 is 0 Å². The summed E-state index contributed by atoms with van der Waals surface area (Å²) in [5.74, 6) is -0.833. The van der Waals surface area contributed by atoms with Crippen molar-refractivity contribution >= 4 is 5.97 Å². The fourth-order valence-electron chi connectivity index (χ4n) is 0. The van der Waals surface area contributed by atoms with E-state index in [0.717, 1.165) is 6.92 Å². The van der Waals surface area contributed by atoms with Crippen LogP contribution in [0, 0.1) is 0 Å². The van der Waals surface area contributed by atoms with Crippen molar-refractivity contribution < 1.29 is 54.4 Å². The van der Waals surface area contributed by atoms with Crippen molar-refractivity contribution in [3.8, 4) is 0 Å². The zero-order valence-electron chi connectivity index (χ0n) is 5.16. The van der Waals surface area contributed by atoms with E-state index in [1.165, 1.54) is 0 Å². The largest absolute Gasteiger partial charge is 0.481 e. The normalized spacial score (nSPS) is 2.50. The molecule has 0 saturated carbocycles. The Balaban J connectivity index is -0.00000000300. The first-order valence-corrected chi connectivity index (χ1v) is 0.928. The number of hydrogen-bond acceptors (Lipinski definition) is 1. The van der Waals surface area contributed by atoms with E-state index in [4.69, 9.17) is 9.90 Å². The molecule has 0 amide bonds. The molecule has 0 aliphatic heterocycles. The molecular weight excluding hydrogens is 200 g/mol. The molecule has 11 N–H and O–H groups in total. The van der Waals surface area contributed by atoms with E-state index in [1.54, 1.807) is 0 Å². The van der Waals surface area contributed by atoms with E-state index < -0.39 is 5.97 Å². The second-order valence-electron chi connectivity index (χ2n) is 0.519. The molecule has 0 aromatic rings. The predicted octanol–water partition coefficient (Wildman–Crippen LogP) is -4.04. The van der Waals surface area contributed by atoms with Gasteiger partial charge in [0.15, 0.2) is 0 Å². The molecule has 10 heavy (non-hydrogen) atoms. The third-order valence-corrected chi connectivity index (χ3v) is 0. The van der Waals surface area contributed by atoms with Crippen LogP contribution in [-0.4, -0.2) is 38.5 Å². The number of carboxylic acids is 1. The molecule has 0 saturated heterocycles. The van der Waals surface area contributed by atoms with Gasteiger partial charge in [-0.3, -0.25) is 4.79 Å². The summed E-state index contributed by atoms with van der Waals surface area (Å²) >= 11 is 0. The molecule has 0 aliphatic carbocycles. The molecule has 0 atom stereocenters. The molecule has 0 aromatic carbocycles. The molecule has 0 spiro atoms. The van der Waals surface area contributed by atoms with Crippen LogP contribution in [0.3, 0.4) is 0 Å². The standard InChI is InChI=1S/C2H4O2.Cu.5H2O/c1-2(3)4;;;;;;/h1H3,(H,3,4);;5*1H2. The second-order valence-corrected chi connectivity index (χ2v) is 0.519. The summed E-state index contributed by atoms with van der Waals surface area (Å²) < 4.78 is 0. The van der Waals surface area contributed by atoms with Gasteiger partial charge in [0.25, 0.3) is 5.97 Å². The van der Waals surface area contributed by atoms with Crippen LogP contribution in [0.15, 0.2) is 0 Å². The van der Waals surface area contributed by atoms with Crippen LogP contribution in [-0.2, 0) is 21.9 Å². The van der Waals surface area contributed by atoms with Crippen molar-refractivity contribution in [2.75, 3.05) is 0 Å². The third kappa shape index (κ3) is 8100. The second kappa shape index (κ2) is 68.5. The Labute approximate surface area is 68.1 Å². The first kappa shape index (κ1) is 97.2. The van der Waals surface area contributed by atoms with E-state index >= 15 is 0 Å². The van der Waals surface area contributed by atoms with Crippen molar-refractivity contribution in [1.29, 1.82) is 0 Å². The maximum atomic E-state index is 9.00. The molecule has 1 radical (unpaired) electrons. The first-order chi connectivity index (χ1) is 1.73. The Hall–Kier alpha value is -0.211. The van der Waals surface area contributed by atoms with Gasteiger partial charge in [-0.1, -0.05) is 0 Å². The van der Waals surface area contributed by atoms with Crippen molar-refractivity contribution in [2.24, 2.45) is 0 Å². The Morgan fingerprint density at radius 3 is 1.00 bits per heavy atom. The predicted molar refractivity (Wildman–Crippen MR) is 31.4 cm³/mol. The van der Waals surface area contributed by atoms with E-state index in [9.17, 15) is 0 Å². The molecule has 75 valence electrons. The summed E-state index contributed by atoms with van der Waals surface area (Å²) in [4.78, 5) is 9.00. The van der Waals surface area contributed by atoms with Crippen molar-refractivity contribution in [3.63, 3.8) is 0 Å². The Morgan fingerprint density at radius 1 is 1.00 bits per heavy atom. The van der Waals surface area contributed by atoms with Gasteiger partial charge in [-0.05, 0) is 0 Å². The number of hydrogen-bond donors (Lipinski definition) is 1.